The van der Waals surface area contributed by atoms with E-state index in [1.165, 1.54) is 14.2 Å². The standard InChI is InChI=1S/C15H25N3O3.HI/c1-6-10(2)18-15(16-3)17-9-11-7-12(20-4)14(19)13(8-11)21-5;/h7-8,10,19H,6,9H2,1-5H3,(H2,16,17,18);1H. The quantitative estimate of drug-likeness (QED) is 0.373. The molecular formula is C15H26IN3O3. The van der Waals surface area contributed by atoms with Crippen molar-refractivity contribution in [3.8, 4) is 17.2 Å². The summed E-state index contributed by atoms with van der Waals surface area (Å²) in [6.45, 7) is 4.75. The molecule has 7 heteroatoms. The number of phenols is 1. The monoisotopic (exact) mass is 423 g/mol. The van der Waals surface area contributed by atoms with Crippen LogP contribution in [0.15, 0.2) is 17.1 Å². The van der Waals surface area contributed by atoms with E-state index in [0.29, 0.717) is 24.1 Å². The molecule has 0 aliphatic carbocycles. The molecule has 1 aromatic carbocycles. The van der Waals surface area contributed by atoms with Crippen molar-refractivity contribution in [3.63, 3.8) is 0 Å². The fourth-order valence-corrected chi connectivity index (χ4v) is 1.77. The van der Waals surface area contributed by atoms with Crippen LogP contribution in [-0.2, 0) is 6.54 Å². The number of nitrogens with one attached hydrogen (secondary N) is 2. The number of hydrogen-bond donors (Lipinski definition) is 3. The molecule has 0 aromatic heterocycles. The zero-order chi connectivity index (χ0) is 15.8. The highest BCUT2D eigenvalue weighted by Crippen LogP contribution is 2.36. The molecule has 0 aliphatic heterocycles. The maximum absolute atomic E-state index is 9.88. The van der Waals surface area contributed by atoms with Gasteiger partial charge in [-0.15, -0.1) is 24.0 Å². The van der Waals surface area contributed by atoms with Gasteiger partial charge in [0, 0.05) is 19.6 Å². The van der Waals surface area contributed by atoms with Gasteiger partial charge in [0.25, 0.3) is 0 Å². The van der Waals surface area contributed by atoms with Gasteiger partial charge in [-0.1, -0.05) is 6.92 Å². The lowest BCUT2D eigenvalue weighted by Gasteiger charge is -2.17. The number of rotatable bonds is 6. The Morgan fingerprint density at radius 2 is 1.82 bits per heavy atom. The molecular weight excluding hydrogens is 397 g/mol. The highest BCUT2D eigenvalue weighted by Gasteiger charge is 2.11. The summed E-state index contributed by atoms with van der Waals surface area (Å²) < 4.78 is 10.3. The van der Waals surface area contributed by atoms with E-state index in [1.54, 1.807) is 19.2 Å². The van der Waals surface area contributed by atoms with Crippen molar-refractivity contribution in [3.05, 3.63) is 17.7 Å². The van der Waals surface area contributed by atoms with Gasteiger partial charge in [0.2, 0.25) is 5.75 Å². The third kappa shape index (κ3) is 5.78. The number of ether oxygens (including phenoxy) is 2. The summed E-state index contributed by atoms with van der Waals surface area (Å²) in [6.07, 6.45) is 1.02. The lowest BCUT2D eigenvalue weighted by molar-refractivity contribution is 0.339. The summed E-state index contributed by atoms with van der Waals surface area (Å²) in [7, 11) is 4.75. The molecule has 1 unspecified atom stereocenters. The minimum atomic E-state index is 0. The van der Waals surface area contributed by atoms with Gasteiger partial charge >= 0.3 is 0 Å². The molecule has 3 N–H and O–H groups in total. The fraction of sp³-hybridized carbons (Fsp3) is 0.533. The molecule has 0 saturated carbocycles. The van der Waals surface area contributed by atoms with Gasteiger partial charge in [-0.2, -0.15) is 0 Å². The van der Waals surface area contributed by atoms with Crippen molar-refractivity contribution in [2.75, 3.05) is 21.3 Å². The van der Waals surface area contributed by atoms with Crippen molar-refractivity contribution >= 4 is 29.9 Å². The average Bonchev–Trinajstić information content (AvgIpc) is 2.51. The van der Waals surface area contributed by atoms with E-state index in [9.17, 15) is 5.11 Å². The minimum absolute atomic E-state index is 0. The van der Waals surface area contributed by atoms with Gasteiger partial charge in [-0.25, -0.2) is 0 Å². The Bertz CT molecular complexity index is 470. The first-order chi connectivity index (χ1) is 10.0. The predicted octanol–water partition coefficient (Wildman–Crippen LogP) is 2.49. The van der Waals surface area contributed by atoms with Crippen LogP contribution >= 0.6 is 24.0 Å². The second-order valence-electron chi connectivity index (χ2n) is 4.73. The van der Waals surface area contributed by atoms with E-state index < -0.39 is 0 Å². The van der Waals surface area contributed by atoms with Crippen LogP contribution in [0.4, 0.5) is 0 Å². The fourth-order valence-electron chi connectivity index (χ4n) is 1.77. The Kier molecular flexibility index (Phi) is 9.71. The molecule has 22 heavy (non-hydrogen) atoms. The zero-order valence-corrected chi connectivity index (χ0v) is 16.1. The minimum Gasteiger partial charge on any atom is -0.502 e. The molecule has 0 spiro atoms. The third-order valence-corrected chi connectivity index (χ3v) is 3.22. The zero-order valence-electron chi connectivity index (χ0n) is 13.8. The molecule has 1 rings (SSSR count). The molecule has 1 aromatic rings. The number of phenolic OH excluding ortho intramolecular Hbond substituents is 1. The molecule has 0 fully saturated rings. The maximum atomic E-state index is 9.88. The Balaban J connectivity index is 0.00000441. The second kappa shape index (κ2) is 10.4. The van der Waals surface area contributed by atoms with Crippen molar-refractivity contribution in [2.24, 2.45) is 4.99 Å². The lowest BCUT2D eigenvalue weighted by Crippen LogP contribution is -2.41. The first-order valence-corrected chi connectivity index (χ1v) is 6.96. The molecule has 0 heterocycles. The molecule has 0 saturated heterocycles. The summed E-state index contributed by atoms with van der Waals surface area (Å²) in [5.74, 6) is 1.51. The summed E-state index contributed by atoms with van der Waals surface area (Å²) in [5, 5.41) is 16.4. The van der Waals surface area contributed by atoms with Crippen LogP contribution in [0.2, 0.25) is 0 Å². The van der Waals surface area contributed by atoms with Crippen LogP contribution in [0.3, 0.4) is 0 Å². The van der Waals surface area contributed by atoms with Crippen LogP contribution in [0, 0.1) is 0 Å². The van der Waals surface area contributed by atoms with Crippen LogP contribution in [0.1, 0.15) is 25.8 Å². The highest BCUT2D eigenvalue weighted by molar-refractivity contribution is 14.0. The number of nitrogens with zero attached hydrogens (tertiary/aromatic N) is 1. The maximum Gasteiger partial charge on any atom is 0.200 e. The number of hydrogen-bond acceptors (Lipinski definition) is 4. The largest absolute Gasteiger partial charge is 0.502 e. The Morgan fingerprint density at radius 3 is 2.23 bits per heavy atom. The number of halogens is 1. The Hall–Kier alpha value is -1.38. The first kappa shape index (κ1) is 20.6. The lowest BCUT2D eigenvalue weighted by atomic mass is 10.2. The normalized spacial score (nSPS) is 12.1. The summed E-state index contributed by atoms with van der Waals surface area (Å²) in [4.78, 5) is 4.18. The summed E-state index contributed by atoms with van der Waals surface area (Å²) >= 11 is 0. The van der Waals surface area contributed by atoms with E-state index in [2.05, 4.69) is 29.5 Å². The van der Waals surface area contributed by atoms with Gasteiger partial charge in [0.05, 0.1) is 14.2 Å². The van der Waals surface area contributed by atoms with Crippen molar-refractivity contribution < 1.29 is 14.6 Å². The molecule has 0 radical (unpaired) electrons. The SMILES string of the molecule is CCC(C)NC(=NC)NCc1cc(OC)c(O)c(OC)c1.I. The Labute approximate surface area is 149 Å². The van der Waals surface area contributed by atoms with Gasteiger partial charge in [0.1, 0.15) is 0 Å². The molecule has 0 bridgehead atoms. The predicted molar refractivity (Wildman–Crippen MR) is 99.7 cm³/mol. The topological polar surface area (TPSA) is 75.1 Å². The van der Waals surface area contributed by atoms with E-state index in [0.717, 1.165) is 17.9 Å². The number of aromatic hydroxyl groups is 1. The van der Waals surface area contributed by atoms with Gasteiger partial charge < -0.3 is 25.2 Å². The third-order valence-electron chi connectivity index (χ3n) is 3.22. The molecule has 0 amide bonds. The van der Waals surface area contributed by atoms with E-state index >= 15 is 0 Å². The average molecular weight is 423 g/mol. The van der Waals surface area contributed by atoms with E-state index in [1.807, 2.05) is 0 Å². The number of aliphatic imine (C=N–C) groups is 1. The number of guanidine groups is 1. The number of methoxy groups -OCH3 is 2. The summed E-state index contributed by atoms with van der Waals surface area (Å²) in [6, 6.07) is 3.88. The van der Waals surface area contributed by atoms with Crippen LogP contribution in [-0.4, -0.2) is 38.4 Å². The van der Waals surface area contributed by atoms with Crippen molar-refractivity contribution in [1.82, 2.24) is 10.6 Å². The van der Waals surface area contributed by atoms with Crippen molar-refractivity contribution in [2.45, 2.75) is 32.9 Å². The van der Waals surface area contributed by atoms with E-state index in [4.69, 9.17) is 9.47 Å². The van der Waals surface area contributed by atoms with Gasteiger partial charge in [0.15, 0.2) is 17.5 Å². The first-order valence-electron chi connectivity index (χ1n) is 6.96. The molecule has 126 valence electrons. The second-order valence-corrected chi connectivity index (χ2v) is 4.73. The van der Waals surface area contributed by atoms with Crippen molar-refractivity contribution in [1.29, 1.82) is 0 Å². The van der Waals surface area contributed by atoms with Crippen LogP contribution in [0.5, 0.6) is 17.2 Å². The number of benzene rings is 1. The highest BCUT2D eigenvalue weighted by atomic mass is 127. The smallest absolute Gasteiger partial charge is 0.200 e. The van der Waals surface area contributed by atoms with Gasteiger partial charge in [-0.3, -0.25) is 4.99 Å². The molecule has 6 nitrogen and oxygen atoms in total. The van der Waals surface area contributed by atoms with Crippen LogP contribution < -0.4 is 20.1 Å². The Morgan fingerprint density at radius 1 is 1.27 bits per heavy atom. The van der Waals surface area contributed by atoms with Crippen LogP contribution in [0.25, 0.3) is 0 Å². The summed E-state index contributed by atoms with van der Waals surface area (Å²) in [5.41, 5.74) is 0.925. The molecule has 1 atom stereocenters. The molecule has 0 aliphatic rings. The van der Waals surface area contributed by atoms with E-state index in [-0.39, 0.29) is 29.7 Å². The van der Waals surface area contributed by atoms with Gasteiger partial charge in [-0.05, 0) is 31.0 Å².